The van der Waals surface area contributed by atoms with Gasteiger partial charge in [-0.2, -0.15) is 0 Å². The molecule has 2 heterocycles. The Morgan fingerprint density at radius 1 is 1.18 bits per heavy atom. The predicted octanol–water partition coefficient (Wildman–Crippen LogP) is 0.387. The second-order valence-corrected chi connectivity index (χ2v) is 7.42. The quantitative estimate of drug-likeness (QED) is 0.718. The molecule has 1 aromatic rings. The highest BCUT2D eigenvalue weighted by atomic mass is 16.4. The molecule has 2 N–H and O–H groups in total. The molecule has 9 heteroatoms. The third-order valence-corrected chi connectivity index (χ3v) is 5.84. The van der Waals surface area contributed by atoms with Crippen LogP contribution in [0.2, 0.25) is 0 Å². The van der Waals surface area contributed by atoms with Gasteiger partial charge in [0.2, 0.25) is 11.8 Å². The van der Waals surface area contributed by atoms with Crippen LogP contribution >= 0.6 is 0 Å². The van der Waals surface area contributed by atoms with E-state index in [1.165, 1.54) is 0 Å². The summed E-state index contributed by atoms with van der Waals surface area (Å²) in [5.74, 6) is -3.42. The zero-order chi connectivity index (χ0) is 20.2. The average molecular weight is 385 g/mol. The van der Waals surface area contributed by atoms with E-state index in [4.69, 9.17) is 5.11 Å². The van der Waals surface area contributed by atoms with Gasteiger partial charge in [0.25, 0.3) is 11.8 Å². The normalized spacial score (nSPS) is 26.6. The maximum absolute atomic E-state index is 13.1. The van der Waals surface area contributed by atoms with E-state index in [1.807, 2.05) is 4.90 Å². The van der Waals surface area contributed by atoms with Gasteiger partial charge in [0.05, 0.1) is 22.7 Å². The lowest BCUT2D eigenvalue weighted by atomic mass is 9.79. The van der Waals surface area contributed by atoms with Gasteiger partial charge in [0, 0.05) is 19.5 Å². The fourth-order valence-electron chi connectivity index (χ4n) is 4.09. The van der Waals surface area contributed by atoms with Gasteiger partial charge in [-0.15, -0.1) is 0 Å². The van der Waals surface area contributed by atoms with Crippen molar-refractivity contribution in [3.05, 3.63) is 29.3 Å². The maximum Gasteiger partial charge on any atom is 0.306 e. The van der Waals surface area contributed by atoms with Gasteiger partial charge < -0.3 is 10.0 Å². The number of anilines is 1. The third kappa shape index (κ3) is 2.65. The van der Waals surface area contributed by atoms with E-state index in [-0.39, 0.29) is 30.0 Å². The molecule has 1 aliphatic carbocycles. The summed E-state index contributed by atoms with van der Waals surface area (Å²) in [5.41, 5.74) is 0.978. The topological polar surface area (TPSA) is 124 Å². The number of nitrogens with zero attached hydrogens (tertiary/aromatic N) is 2. The molecule has 146 valence electrons. The Kier molecular flexibility index (Phi) is 4.17. The molecule has 4 amide bonds. The van der Waals surface area contributed by atoms with Crippen molar-refractivity contribution >= 4 is 35.3 Å². The van der Waals surface area contributed by atoms with Crippen LogP contribution in [0.15, 0.2) is 18.2 Å². The van der Waals surface area contributed by atoms with Crippen molar-refractivity contribution in [3.63, 3.8) is 0 Å². The lowest BCUT2D eigenvalue weighted by molar-refractivity contribution is -0.145. The predicted molar refractivity (Wildman–Crippen MR) is 95.7 cm³/mol. The van der Waals surface area contributed by atoms with Crippen molar-refractivity contribution in [2.75, 3.05) is 11.9 Å². The number of amides is 4. The van der Waals surface area contributed by atoms with E-state index in [1.54, 1.807) is 25.2 Å². The van der Waals surface area contributed by atoms with Gasteiger partial charge in [-0.05, 0) is 31.4 Å². The summed E-state index contributed by atoms with van der Waals surface area (Å²) in [7, 11) is 1.77. The Hall–Kier alpha value is -3.23. The number of hydrogen-bond donors (Lipinski definition) is 2. The van der Waals surface area contributed by atoms with Gasteiger partial charge in [0.15, 0.2) is 0 Å². The lowest BCUT2D eigenvalue weighted by Gasteiger charge is -2.40. The van der Waals surface area contributed by atoms with Crippen LogP contribution in [-0.4, -0.2) is 58.7 Å². The minimum Gasteiger partial charge on any atom is -0.481 e. The highest BCUT2D eigenvalue weighted by Gasteiger charge is 2.47. The molecular formula is C19H19N3O6. The molecule has 1 atom stereocenters. The number of carbonyl (C=O) groups is 5. The smallest absolute Gasteiger partial charge is 0.306 e. The summed E-state index contributed by atoms with van der Waals surface area (Å²) >= 11 is 0. The van der Waals surface area contributed by atoms with Crippen LogP contribution in [0.5, 0.6) is 0 Å². The molecule has 2 fully saturated rings. The monoisotopic (exact) mass is 385 g/mol. The summed E-state index contributed by atoms with van der Waals surface area (Å²) in [6, 6.07) is 3.87. The summed E-state index contributed by atoms with van der Waals surface area (Å²) in [6.07, 6.45) is 1.10. The molecule has 0 bridgehead atoms. The first-order valence-corrected chi connectivity index (χ1v) is 9.09. The van der Waals surface area contributed by atoms with Crippen LogP contribution in [-0.2, 0) is 14.4 Å². The molecule has 2 aliphatic heterocycles. The minimum atomic E-state index is -1.01. The number of rotatable bonds is 4. The van der Waals surface area contributed by atoms with Crippen LogP contribution in [0.3, 0.4) is 0 Å². The SMILES string of the molecule is CN(c1cccc2c1C(=O)N(C1CCC(=O)NC1=O)C2=O)[C@H]1C[C@H](C(=O)O)C1. The summed E-state index contributed by atoms with van der Waals surface area (Å²) in [5, 5.41) is 11.2. The van der Waals surface area contributed by atoms with Crippen molar-refractivity contribution in [2.24, 2.45) is 5.92 Å². The number of carboxylic acid groups (broad SMARTS) is 1. The lowest BCUT2D eigenvalue weighted by Crippen LogP contribution is -2.54. The molecule has 0 spiro atoms. The number of piperidine rings is 1. The average Bonchev–Trinajstić information content (AvgIpc) is 2.85. The standard InChI is InChI=1S/C19H19N3O6/c1-21(10-7-9(8-10)19(27)28)12-4-2-3-11-15(12)18(26)22(17(11)25)13-5-6-14(23)20-16(13)24/h2-4,9-10,13H,5-8H2,1H3,(H,27,28)(H,20,23,24)/t9-,10-,13?. The van der Waals surface area contributed by atoms with Crippen LogP contribution in [0.25, 0.3) is 0 Å². The molecule has 1 unspecified atom stereocenters. The van der Waals surface area contributed by atoms with Gasteiger partial charge in [-0.25, -0.2) is 0 Å². The van der Waals surface area contributed by atoms with Gasteiger partial charge in [0.1, 0.15) is 6.04 Å². The van der Waals surface area contributed by atoms with E-state index >= 15 is 0 Å². The van der Waals surface area contributed by atoms with E-state index in [9.17, 15) is 24.0 Å². The van der Waals surface area contributed by atoms with Crippen LogP contribution in [0.4, 0.5) is 5.69 Å². The molecule has 0 radical (unpaired) electrons. The largest absolute Gasteiger partial charge is 0.481 e. The van der Waals surface area contributed by atoms with Crippen molar-refractivity contribution in [3.8, 4) is 0 Å². The van der Waals surface area contributed by atoms with E-state index < -0.39 is 41.6 Å². The minimum absolute atomic E-state index is 0.0415. The number of hydrogen-bond acceptors (Lipinski definition) is 6. The number of carbonyl (C=O) groups excluding carboxylic acids is 4. The Bertz CT molecular complexity index is 920. The Balaban J connectivity index is 1.62. The van der Waals surface area contributed by atoms with Crippen LogP contribution in [0.1, 0.15) is 46.4 Å². The highest BCUT2D eigenvalue weighted by molar-refractivity contribution is 6.25. The fourth-order valence-corrected chi connectivity index (χ4v) is 4.09. The van der Waals surface area contributed by atoms with Crippen LogP contribution in [0, 0.1) is 5.92 Å². The maximum atomic E-state index is 13.1. The van der Waals surface area contributed by atoms with Crippen LogP contribution < -0.4 is 10.2 Å². The fraction of sp³-hybridized carbons (Fsp3) is 0.421. The summed E-state index contributed by atoms with van der Waals surface area (Å²) in [6.45, 7) is 0. The second-order valence-electron chi connectivity index (χ2n) is 7.42. The number of benzene rings is 1. The number of fused-ring (bicyclic) bond motifs is 1. The molecule has 4 rings (SSSR count). The van der Waals surface area contributed by atoms with Crippen molar-refractivity contribution < 1.29 is 29.1 Å². The van der Waals surface area contributed by atoms with Gasteiger partial charge in [-0.1, -0.05) is 6.07 Å². The third-order valence-electron chi connectivity index (χ3n) is 5.84. The number of imide groups is 2. The zero-order valence-electron chi connectivity index (χ0n) is 15.2. The van der Waals surface area contributed by atoms with Crippen molar-refractivity contribution in [2.45, 2.75) is 37.8 Å². The van der Waals surface area contributed by atoms with Crippen molar-refractivity contribution in [1.82, 2.24) is 10.2 Å². The molecule has 1 saturated heterocycles. The molecule has 1 saturated carbocycles. The first kappa shape index (κ1) is 18.1. The molecule has 0 aromatic heterocycles. The first-order valence-electron chi connectivity index (χ1n) is 9.09. The Morgan fingerprint density at radius 3 is 2.54 bits per heavy atom. The Morgan fingerprint density at radius 2 is 1.89 bits per heavy atom. The highest BCUT2D eigenvalue weighted by Crippen LogP contribution is 2.39. The van der Waals surface area contributed by atoms with E-state index in [0.29, 0.717) is 18.5 Å². The summed E-state index contributed by atoms with van der Waals surface area (Å²) < 4.78 is 0. The molecular weight excluding hydrogens is 366 g/mol. The molecule has 1 aromatic carbocycles. The first-order chi connectivity index (χ1) is 13.3. The van der Waals surface area contributed by atoms with E-state index in [2.05, 4.69) is 5.32 Å². The van der Waals surface area contributed by atoms with Crippen molar-refractivity contribution in [1.29, 1.82) is 0 Å². The number of carboxylic acids is 1. The van der Waals surface area contributed by atoms with Gasteiger partial charge in [-0.3, -0.25) is 34.2 Å². The molecule has 3 aliphatic rings. The number of nitrogens with one attached hydrogen (secondary N) is 1. The second kappa shape index (κ2) is 6.43. The number of aliphatic carboxylic acids is 1. The van der Waals surface area contributed by atoms with Gasteiger partial charge >= 0.3 is 5.97 Å². The van der Waals surface area contributed by atoms with E-state index in [0.717, 1.165) is 4.90 Å². The Labute approximate surface area is 160 Å². The summed E-state index contributed by atoms with van der Waals surface area (Å²) in [4.78, 5) is 63.3. The molecule has 9 nitrogen and oxygen atoms in total. The zero-order valence-corrected chi connectivity index (χ0v) is 15.2. The molecule has 28 heavy (non-hydrogen) atoms.